The number of ether oxygens (including phenoxy) is 1. The van der Waals surface area contributed by atoms with Crippen molar-refractivity contribution in [3.63, 3.8) is 0 Å². The van der Waals surface area contributed by atoms with Crippen molar-refractivity contribution >= 4 is 33.2 Å². The summed E-state index contributed by atoms with van der Waals surface area (Å²) in [7, 11) is -2.72. The second kappa shape index (κ2) is 7.81. The Morgan fingerprint density at radius 2 is 1.84 bits per heavy atom. The van der Waals surface area contributed by atoms with Crippen LogP contribution in [0.3, 0.4) is 0 Å². The van der Waals surface area contributed by atoms with E-state index in [4.69, 9.17) is 16.3 Å². The smallest absolute Gasteiger partial charge is 0.245 e. The second-order valence-corrected chi connectivity index (χ2v) is 7.25. The number of carbonyl (C=O) groups excluding carboxylic acids is 1. The van der Waals surface area contributed by atoms with Gasteiger partial charge in [0.2, 0.25) is 15.9 Å². The lowest BCUT2D eigenvalue weighted by Crippen LogP contribution is -2.41. The van der Waals surface area contributed by atoms with Gasteiger partial charge in [0.15, 0.2) is 0 Å². The van der Waals surface area contributed by atoms with Crippen LogP contribution in [0.5, 0.6) is 5.75 Å². The van der Waals surface area contributed by atoms with Crippen LogP contribution in [0.1, 0.15) is 6.92 Å². The SMILES string of the molecule is COc1ccc(Cl)cc1S(=O)(=O)N[C@@H](C)C(=O)Nc1ccc(F)cc1. The average molecular weight is 387 g/mol. The van der Waals surface area contributed by atoms with E-state index in [9.17, 15) is 17.6 Å². The molecule has 25 heavy (non-hydrogen) atoms. The first-order valence-corrected chi connectivity index (χ1v) is 9.01. The first-order valence-electron chi connectivity index (χ1n) is 7.15. The molecule has 0 fully saturated rings. The molecular weight excluding hydrogens is 371 g/mol. The Balaban J connectivity index is 2.15. The maximum Gasteiger partial charge on any atom is 0.245 e. The highest BCUT2D eigenvalue weighted by Gasteiger charge is 2.25. The lowest BCUT2D eigenvalue weighted by molar-refractivity contribution is -0.117. The molecule has 0 aromatic heterocycles. The summed E-state index contributed by atoms with van der Waals surface area (Å²) < 4.78 is 45.1. The number of anilines is 1. The van der Waals surface area contributed by atoms with Crippen LogP contribution in [0.4, 0.5) is 10.1 Å². The van der Waals surface area contributed by atoms with Gasteiger partial charge in [0.1, 0.15) is 16.5 Å². The molecule has 1 atom stereocenters. The summed E-state index contributed by atoms with van der Waals surface area (Å²) >= 11 is 5.84. The zero-order chi connectivity index (χ0) is 18.6. The molecule has 2 rings (SSSR count). The normalized spacial score (nSPS) is 12.5. The summed E-state index contributed by atoms with van der Waals surface area (Å²) in [6.45, 7) is 1.38. The fourth-order valence-electron chi connectivity index (χ4n) is 1.99. The zero-order valence-corrected chi connectivity index (χ0v) is 15.0. The van der Waals surface area contributed by atoms with Crippen LogP contribution < -0.4 is 14.8 Å². The number of amides is 1. The van der Waals surface area contributed by atoms with Gasteiger partial charge in [-0.2, -0.15) is 4.72 Å². The van der Waals surface area contributed by atoms with E-state index in [1.165, 1.54) is 56.5 Å². The molecule has 1 amide bonds. The monoisotopic (exact) mass is 386 g/mol. The minimum absolute atomic E-state index is 0.100. The third-order valence-corrected chi connectivity index (χ3v) is 5.05. The van der Waals surface area contributed by atoms with Crippen LogP contribution in [0, 0.1) is 5.82 Å². The Morgan fingerprint density at radius 3 is 2.44 bits per heavy atom. The van der Waals surface area contributed by atoms with Crippen molar-refractivity contribution in [3.8, 4) is 5.75 Å². The van der Waals surface area contributed by atoms with E-state index >= 15 is 0 Å². The number of nitrogens with one attached hydrogen (secondary N) is 2. The van der Waals surface area contributed by atoms with Crippen LogP contribution in [-0.4, -0.2) is 27.5 Å². The first kappa shape index (κ1) is 19.2. The summed E-state index contributed by atoms with van der Waals surface area (Å²) in [5.41, 5.74) is 0.345. The van der Waals surface area contributed by atoms with Crippen LogP contribution in [0.25, 0.3) is 0 Å². The topological polar surface area (TPSA) is 84.5 Å². The van der Waals surface area contributed by atoms with Gasteiger partial charge in [-0.25, -0.2) is 12.8 Å². The fourth-order valence-corrected chi connectivity index (χ4v) is 3.63. The van der Waals surface area contributed by atoms with Gasteiger partial charge >= 0.3 is 0 Å². The molecule has 9 heteroatoms. The van der Waals surface area contributed by atoms with Crippen molar-refractivity contribution in [3.05, 3.63) is 53.3 Å². The number of carbonyl (C=O) groups is 1. The van der Waals surface area contributed by atoms with Gasteiger partial charge in [-0.05, 0) is 49.4 Å². The van der Waals surface area contributed by atoms with Crippen LogP contribution in [0.15, 0.2) is 47.4 Å². The molecule has 6 nitrogen and oxygen atoms in total. The van der Waals surface area contributed by atoms with Crippen LogP contribution >= 0.6 is 11.6 Å². The van der Waals surface area contributed by atoms with Gasteiger partial charge < -0.3 is 10.1 Å². The van der Waals surface area contributed by atoms with Gasteiger partial charge in [0.05, 0.1) is 13.2 Å². The Bertz CT molecular complexity index is 872. The standard InChI is InChI=1S/C16H16ClFN2O4S/c1-10(16(21)19-13-6-4-12(18)5-7-13)20-25(22,23)15-9-11(17)3-8-14(15)24-2/h3-10,20H,1-2H3,(H,19,21)/t10-/m0/s1. The van der Waals surface area contributed by atoms with Gasteiger partial charge in [-0.15, -0.1) is 0 Å². The molecule has 0 aliphatic heterocycles. The number of hydrogen-bond donors (Lipinski definition) is 2. The molecule has 2 aromatic rings. The van der Waals surface area contributed by atoms with Crippen molar-refractivity contribution in [1.82, 2.24) is 4.72 Å². The third kappa shape index (κ3) is 4.91. The maximum absolute atomic E-state index is 12.9. The Labute approximate surface area is 150 Å². The van der Waals surface area contributed by atoms with Crippen molar-refractivity contribution in [1.29, 1.82) is 0 Å². The van der Waals surface area contributed by atoms with Crippen molar-refractivity contribution in [2.45, 2.75) is 17.9 Å². The van der Waals surface area contributed by atoms with Gasteiger partial charge in [0.25, 0.3) is 0 Å². The number of rotatable bonds is 6. The highest BCUT2D eigenvalue weighted by Crippen LogP contribution is 2.27. The van der Waals surface area contributed by atoms with Crippen molar-refractivity contribution in [2.75, 3.05) is 12.4 Å². The molecule has 2 aromatic carbocycles. The summed E-state index contributed by atoms with van der Waals surface area (Å²) in [6, 6.07) is 8.15. The Kier molecular flexibility index (Phi) is 5.99. The summed E-state index contributed by atoms with van der Waals surface area (Å²) in [4.78, 5) is 12.0. The molecule has 0 bridgehead atoms. The molecule has 0 saturated heterocycles. The summed E-state index contributed by atoms with van der Waals surface area (Å²) in [5, 5.41) is 2.71. The van der Waals surface area contributed by atoms with E-state index in [-0.39, 0.29) is 15.7 Å². The second-order valence-electron chi connectivity index (χ2n) is 5.13. The van der Waals surface area contributed by atoms with E-state index in [0.717, 1.165) is 0 Å². The molecular formula is C16H16ClFN2O4S. The van der Waals surface area contributed by atoms with E-state index in [2.05, 4.69) is 10.0 Å². The molecule has 134 valence electrons. The van der Waals surface area contributed by atoms with Gasteiger partial charge in [-0.1, -0.05) is 11.6 Å². The van der Waals surface area contributed by atoms with E-state index < -0.39 is 27.8 Å². The summed E-state index contributed by atoms with van der Waals surface area (Å²) in [6.07, 6.45) is 0. The summed E-state index contributed by atoms with van der Waals surface area (Å²) in [5.74, 6) is -0.945. The predicted octanol–water partition coefficient (Wildman–Crippen LogP) is 2.79. The molecule has 0 unspecified atom stereocenters. The maximum atomic E-state index is 12.9. The molecule has 0 aliphatic carbocycles. The minimum Gasteiger partial charge on any atom is -0.495 e. The number of methoxy groups -OCH3 is 1. The predicted molar refractivity (Wildman–Crippen MR) is 92.8 cm³/mol. The number of halogens is 2. The molecule has 0 saturated carbocycles. The van der Waals surface area contributed by atoms with Crippen LogP contribution in [-0.2, 0) is 14.8 Å². The number of hydrogen-bond acceptors (Lipinski definition) is 4. The fraction of sp³-hybridized carbons (Fsp3) is 0.188. The van der Waals surface area contributed by atoms with Crippen LogP contribution in [0.2, 0.25) is 5.02 Å². The molecule has 0 aliphatic rings. The molecule has 2 N–H and O–H groups in total. The minimum atomic E-state index is -4.05. The number of sulfonamides is 1. The lowest BCUT2D eigenvalue weighted by Gasteiger charge is -2.16. The first-order chi connectivity index (χ1) is 11.7. The Hall–Kier alpha value is -2.16. The third-order valence-electron chi connectivity index (χ3n) is 3.25. The largest absolute Gasteiger partial charge is 0.495 e. The molecule has 0 spiro atoms. The lowest BCUT2D eigenvalue weighted by atomic mass is 10.3. The van der Waals surface area contributed by atoms with E-state index in [1.807, 2.05) is 0 Å². The van der Waals surface area contributed by atoms with E-state index in [1.54, 1.807) is 0 Å². The Morgan fingerprint density at radius 1 is 1.20 bits per heavy atom. The highest BCUT2D eigenvalue weighted by molar-refractivity contribution is 7.89. The van der Waals surface area contributed by atoms with Gasteiger partial charge in [-0.3, -0.25) is 4.79 Å². The quantitative estimate of drug-likeness (QED) is 0.799. The van der Waals surface area contributed by atoms with Gasteiger partial charge in [0, 0.05) is 10.7 Å². The number of benzene rings is 2. The molecule has 0 heterocycles. The molecule has 0 radical (unpaired) electrons. The highest BCUT2D eigenvalue weighted by atomic mass is 35.5. The van der Waals surface area contributed by atoms with Crippen molar-refractivity contribution < 1.29 is 22.3 Å². The van der Waals surface area contributed by atoms with E-state index in [0.29, 0.717) is 5.69 Å². The average Bonchev–Trinajstić information content (AvgIpc) is 2.56. The zero-order valence-electron chi connectivity index (χ0n) is 13.4. The van der Waals surface area contributed by atoms with Crippen molar-refractivity contribution in [2.24, 2.45) is 0 Å².